The third-order valence-corrected chi connectivity index (χ3v) is 2.31. The van der Waals surface area contributed by atoms with Crippen molar-refractivity contribution < 1.29 is 4.42 Å². The zero-order chi connectivity index (χ0) is 9.54. The molecule has 0 bridgehead atoms. The minimum Gasteiger partial charge on any atom is -0.438 e. The van der Waals surface area contributed by atoms with Gasteiger partial charge in [-0.1, -0.05) is 17.6 Å². The molecule has 0 unspecified atom stereocenters. The van der Waals surface area contributed by atoms with Gasteiger partial charge >= 0.3 is 0 Å². The van der Waals surface area contributed by atoms with E-state index in [0.29, 0.717) is 5.71 Å². The summed E-state index contributed by atoms with van der Waals surface area (Å²) in [5.74, 6) is 0. The van der Waals surface area contributed by atoms with E-state index in [-0.39, 0.29) is 0 Å². The van der Waals surface area contributed by atoms with E-state index < -0.39 is 0 Å². The van der Waals surface area contributed by atoms with E-state index in [1.807, 2.05) is 30.3 Å². The number of hydrogen-bond donors (Lipinski definition) is 0. The standard InChI is InChI=1S/C11H6BNO/c12-8-4-1-5-9-10(8)7-3-2-6-13-11(7)14-9/h1-6H. The van der Waals surface area contributed by atoms with Crippen LogP contribution in [0.3, 0.4) is 0 Å². The zero-order valence-electron chi connectivity index (χ0n) is 7.40. The van der Waals surface area contributed by atoms with Gasteiger partial charge in [-0.2, -0.15) is 0 Å². The van der Waals surface area contributed by atoms with E-state index in [2.05, 4.69) is 4.98 Å². The summed E-state index contributed by atoms with van der Waals surface area (Å²) in [6.45, 7) is 0. The van der Waals surface area contributed by atoms with E-state index in [4.69, 9.17) is 12.3 Å². The number of hydrogen-bond acceptors (Lipinski definition) is 2. The lowest BCUT2D eigenvalue weighted by atomic mass is 9.91. The van der Waals surface area contributed by atoms with Crippen LogP contribution in [-0.4, -0.2) is 12.8 Å². The first kappa shape index (κ1) is 7.62. The fourth-order valence-electron chi connectivity index (χ4n) is 1.69. The summed E-state index contributed by atoms with van der Waals surface area (Å²) < 4.78 is 5.54. The first-order valence-electron chi connectivity index (χ1n) is 4.38. The second kappa shape index (κ2) is 2.61. The number of benzene rings is 1. The highest BCUT2D eigenvalue weighted by atomic mass is 16.3. The van der Waals surface area contributed by atoms with Crippen LogP contribution in [0.1, 0.15) is 0 Å². The first-order chi connectivity index (χ1) is 6.86. The van der Waals surface area contributed by atoms with Crippen LogP contribution in [0, 0.1) is 0 Å². The lowest BCUT2D eigenvalue weighted by Gasteiger charge is -1.93. The van der Waals surface area contributed by atoms with Gasteiger partial charge in [-0.05, 0) is 18.2 Å². The van der Waals surface area contributed by atoms with E-state index in [9.17, 15) is 0 Å². The Hall–Kier alpha value is -1.77. The fourth-order valence-corrected chi connectivity index (χ4v) is 1.69. The molecule has 0 aliphatic heterocycles. The third-order valence-electron chi connectivity index (χ3n) is 2.31. The molecule has 0 saturated heterocycles. The van der Waals surface area contributed by atoms with Crippen LogP contribution in [0.5, 0.6) is 0 Å². The number of fused-ring (bicyclic) bond motifs is 3. The van der Waals surface area contributed by atoms with Crippen molar-refractivity contribution in [2.45, 2.75) is 0 Å². The van der Waals surface area contributed by atoms with Crippen molar-refractivity contribution in [2.24, 2.45) is 0 Å². The molecule has 2 nitrogen and oxygen atoms in total. The predicted molar refractivity (Wildman–Crippen MR) is 56.9 cm³/mol. The van der Waals surface area contributed by atoms with Gasteiger partial charge in [-0.15, -0.1) is 0 Å². The van der Waals surface area contributed by atoms with Crippen molar-refractivity contribution in [3.63, 3.8) is 0 Å². The van der Waals surface area contributed by atoms with Crippen LogP contribution >= 0.6 is 0 Å². The highest BCUT2D eigenvalue weighted by Crippen LogP contribution is 2.24. The summed E-state index contributed by atoms with van der Waals surface area (Å²) >= 11 is 0. The molecular weight excluding hydrogens is 173 g/mol. The highest BCUT2D eigenvalue weighted by molar-refractivity contribution is 6.41. The van der Waals surface area contributed by atoms with Crippen LogP contribution in [0.25, 0.3) is 22.1 Å². The molecule has 3 heteroatoms. The molecule has 0 fully saturated rings. The summed E-state index contributed by atoms with van der Waals surface area (Å²) in [5.41, 5.74) is 2.16. The molecule has 0 saturated carbocycles. The summed E-state index contributed by atoms with van der Waals surface area (Å²) in [7, 11) is 5.88. The van der Waals surface area contributed by atoms with Crippen molar-refractivity contribution in [1.29, 1.82) is 0 Å². The van der Waals surface area contributed by atoms with Crippen LogP contribution in [0.4, 0.5) is 0 Å². The normalized spacial score (nSPS) is 11.1. The number of pyridine rings is 1. The molecule has 0 N–H and O–H groups in total. The van der Waals surface area contributed by atoms with E-state index in [1.54, 1.807) is 6.20 Å². The van der Waals surface area contributed by atoms with Crippen molar-refractivity contribution in [3.05, 3.63) is 36.5 Å². The van der Waals surface area contributed by atoms with Gasteiger partial charge in [0.1, 0.15) is 13.4 Å². The summed E-state index contributed by atoms with van der Waals surface area (Å²) in [6, 6.07) is 9.48. The smallest absolute Gasteiger partial charge is 0.227 e. The third kappa shape index (κ3) is 0.895. The van der Waals surface area contributed by atoms with Crippen LogP contribution in [0.2, 0.25) is 0 Å². The second-order valence-corrected chi connectivity index (χ2v) is 3.18. The van der Waals surface area contributed by atoms with Gasteiger partial charge in [0.25, 0.3) is 0 Å². The quantitative estimate of drug-likeness (QED) is 0.491. The molecular formula is C11H6BNO. The second-order valence-electron chi connectivity index (χ2n) is 3.18. The van der Waals surface area contributed by atoms with Crippen molar-refractivity contribution in [1.82, 2.24) is 4.98 Å². The van der Waals surface area contributed by atoms with Gasteiger partial charge < -0.3 is 4.42 Å². The van der Waals surface area contributed by atoms with Crippen molar-refractivity contribution in [3.8, 4) is 0 Å². The maximum Gasteiger partial charge on any atom is 0.227 e. The molecule has 2 radical (unpaired) electrons. The molecule has 0 spiro atoms. The van der Waals surface area contributed by atoms with Gasteiger partial charge in [-0.25, -0.2) is 4.98 Å². The molecule has 0 aliphatic rings. The van der Waals surface area contributed by atoms with Gasteiger partial charge in [0, 0.05) is 17.0 Å². The number of furan rings is 1. The van der Waals surface area contributed by atoms with Gasteiger partial charge in [-0.3, -0.25) is 0 Å². The number of rotatable bonds is 0. The number of aromatic nitrogens is 1. The van der Waals surface area contributed by atoms with Gasteiger partial charge in [0.2, 0.25) is 5.71 Å². The molecule has 0 amide bonds. The Bertz CT molecular complexity index is 615. The molecule has 2 heterocycles. The lowest BCUT2D eigenvalue weighted by Crippen LogP contribution is -2.00. The molecule has 3 rings (SSSR count). The SMILES string of the molecule is [B]c1cccc2oc3ncccc3c12. The Morgan fingerprint density at radius 3 is 3.00 bits per heavy atom. The fraction of sp³-hybridized carbons (Fsp3) is 0. The average molecular weight is 179 g/mol. The monoisotopic (exact) mass is 179 g/mol. The molecule has 2 aromatic heterocycles. The Balaban J connectivity index is 2.65. The van der Waals surface area contributed by atoms with Crippen LogP contribution < -0.4 is 5.46 Å². The van der Waals surface area contributed by atoms with E-state index in [0.717, 1.165) is 21.8 Å². The zero-order valence-corrected chi connectivity index (χ0v) is 7.40. The Morgan fingerprint density at radius 1 is 1.14 bits per heavy atom. The van der Waals surface area contributed by atoms with E-state index in [1.165, 1.54) is 0 Å². The van der Waals surface area contributed by atoms with Gasteiger partial charge in [0.05, 0.1) is 0 Å². The minimum absolute atomic E-state index is 0.639. The topological polar surface area (TPSA) is 26.0 Å². The highest BCUT2D eigenvalue weighted by Gasteiger charge is 2.07. The molecule has 0 aliphatic carbocycles. The Morgan fingerprint density at radius 2 is 2.07 bits per heavy atom. The first-order valence-corrected chi connectivity index (χ1v) is 4.38. The summed E-state index contributed by atoms with van der Waals surface area (Å²) in [6.07, 6.45) is 1.71. The molecule has 1 aromatic carbocycles. The van der Waals surface area contributed by atoms with Crippen molar-refractivity contribution >= 4 is 35.4 Å². The van der Waals surface area contributed by atoms with E-state index >= 15 is 0 Å². The van der Waals surface area contributed by atoms with Gasteiger partial charge in [0.15, 0.2) is 0 Å². The molecule has 64 valence electrons. The predicted octanol–water partition coefficient (Wildman–Crippen LogP) is 1.77. The van der Waals surface area contributed by atoms with Crippen LogP contribution in [-0.2, 0) is 0 Å². The average Bonchev–Trinajstić information content (AvgIpc) is 2.57. The maximum absolute atomic E-state index is 5.88. The minimum atomic E-state index is 0.639. The largest absolute Gasteiger partial charge is 0.438 e. The molecule has 3 aromatic rings. The Kier molecular flexibility index (Phi) is 1.42. The van der Waals surface area contributed by atoms with Crippen LogP contribution in [0.15, 0.2) is 40.9 Å². The lowest BCUT2D eigenvalue weighted by molar-refractivity contribution is 0.654. The number of nitrogens with zero attached hydrogens (tertiary/aromatic N) is 1. The summed E-state index contributed by atoms with van der Waals surface area (Å²) in [5, 5.41) is 1.93. The maximum atomic E-state index is 5.88. The summed E-state index contributed by atoms with van der Waals surface area (Å²) in [4.78, 5) is 4.14. The molecule has 0 atom stereocenters. The van der Waals surface area contributed by atoms with Crippen molar-refractivity contribution in [2.75, 3.05) is 0 Å². The Labute approximate surface area is 82.0 Å². The molecule has 14 heavy (non-hydrogen) atoms.